The van der Waals surface area contributed by atoms with Crippen LogP contribution in [0.15, 0.2) is 0 Å². The van der Waals surface area contributed by atoms with Crippen LogP contribution in [0.5, 0.6) is 0 Å². The van der Waals surface area contributed by atoms with E-state index in [9.17, 15) is 9.59 Å². The molecule has 0 aliphatic carbocycles. The summed E-state index contributed by atoms with van der Waals surface area (Å²) in [5, 5.41) is 0. The normalized spacial score (nSPS) is 20.8. The Hall–Kier alpha value is -0.723. The number of methoxy groups -OCH3 is 2. The Bertz CT molecular complexity index is 265. The molecule has 1 heterocycles. The van der Waals surface area contributed by atoms with Gasteiger partial charge in [-0.15, -0.1) is 0 Å². The van der Waals surface area contributed by atoms with E-state index in [1.807, 2.05) is 0 Å². The Kier molecular flexibility index (Phi) is 6.39. The predicted molar refractivity (Wildman–Crippen MR) is 64.4 cm³/mol. The minimum absolute atomic E-state index is 0.0836. The van der Waals surface area contributed by atoms with Crippen molar-refractivity contribution in [2.45, 2.75) is 37.6 Å². The fourth-order valence-corrected chi connectivity index (χ4v) is 3.69. The fourth-order valence-electron chi connectivity index (χ4n) is 1.95. The number of hydrogen-bond donors (Lipinski definition) is 0. The van der Waals surface area contributed by atoms with E-state index in [2.05, 4.69) is 4.74 Å². The molecule has 0 aromatic carbocycles. The van der Waals surface area contributed by atoms with E-state index in [0.29, 0.717) is 0 Å². The number of ether oxygens (including phenoxy) is 3. The van der Waals surface area contributed by atoms with Crippen molar-refractivity contribution in [3.8, 4) is 0 Å². The highest BCUT2D eigenvalue weighted by Gasteiger charge is 2.32. The van der Waals surface area contributed by atoms with Gasteiger partial charge in [0.1, 0.15) is 0 Å². The van der Waals surface area contributed by atoms with Gasteiger partial charge in [0, 0.05) is 23.7 Å². The zero-order valence-electron chi connectivity index (χ0n) is 10.4. The van der Waals surface area contributed by atoms with Gasteiger partial charge in [-0.05, 0) is 12.5 Å². The average molecular weight is 260 g/mol. The van der Waals surface area contributed by atoms with E-state index < -0.39 is 0 Å². The van der Waals surface area contributed by atoms with Crippen molar-refractivity contribution in [1.82, 2.24) is 0 Å². The first-order valence-corrected chi connectivity index (χ1v) is 7.97. The molecule has 1 aliphatic rings. The van der Waals surface area contributed by atoms with E-state index in [1.54, 1.807) is 14.2 Å². The summed E-state index contributed by atoms with van der Waals surface area (Å²) in [6.45, 7) is 0. The van der Waals surface area contributed by atoms with Crippen molar-refractivity contribution in [1.29, 1.82) is 0 Å². The molecule has 1 atom stereocenters. The Labute approximate surface area is 104 Å². The maximum absolute atomic E-state index is 11.2. The van der Waals surface area contributed by atoms with Gasteiger partial charge in [-0.2, -0.15) is 0 Å². The fraction of sp³-hybridized carbons (Fsp3) is 0.818. The van der Waals surface area contributed by atoms with Crippen LogP contribution in [0.2, 0.25) is 12.1 Å². The van der Waals surface area contributed by atoms with Crippen LogP contribution >= 0.6 is 0 Å². The molecular formula is C11H20O5Si. The van der Waals surface area contributed by atoms with Crippen molar-refractivity contribution in [3.63, 3.8) is 0 Å². The lowest BCUT2D eigenvalue weighted by Gasteiger charge is -2.12. The summed E-state index contributed by atoms with van der Waals surface area (Å²) in [5.41, 5.74) is 0. The lowest BCUT2D eigenvalue weighted by molar-refractivity contribution is -0.153. The lowest BCUT2D eigenvalue weighted by atomic mass is 10.0. The Morgan fingerprint density at radius 3 is 2.65 bits per heavy atom. The second kappa shape index (κ2) is 7.57. The zero-order valence-corrected chi connectivity index (χ0v) is 11.9. The third-order valence-electron chi connectivity index (χ3n) is 2.98. The molecule has 0 radical (unpaired) electrons. The van der Waals surface area contributed by atoms with E-state index >= 15 is 0 Å². The van der Waals surface area contributed by atoms with Crippen LogP contribution in [0.25, 0.3) is 0 Å². The summed E-state index contributed by atoms with van der Waals surface area (Å²) in [6.07, 6.45) is 1.93. The molecule has 0 bridgehead atoms. The van der Waals surface area contributed by atoms with Crippen LogP contribution in [0, 0.1) is 5.92 Å². The van der Waals surface area contributed by atoms with Crippen LogP contribution in [0.4, 0.5) is 0 Å². The Morgan fingerprint density at radius 1 is 1.41 bits per heavy atom. The highest BCUT2D eigenvalue weighted by molar-refractivity contribution is 6.35. The predicted octanol–water partition coefficient (Wildman–Crippen LogP) is 0.481. The van der Waals surface area contributed by atoms with Crippen LogP contribution in [-0.4, -0.2) is 42.0 Å². The van der Waals surface area contributed by atoms with Crippen LogP contribution in [0.3, 0.4) is 0 Å². The largest absolute Gasteiger partial charge is 0.393 e. The first-order chi connectivity index (χ1) is 8.17. The van der Waals surface area contributed by atoms with E-state index in [0.717, 1.165) is 24.9 Å². The van der Waals surface area contributed by atoms with Gasteiger partial charge in [-0.3, -0.25) is 9.59 Å². The summed E-state index contributed by atoms with van der Waals surface area (Å²) in [5.74, 6) is -0.920. The summed E-state index contributed by atoms with van der Waals surface area (Å²) >= 11 is 0. The molecule has 1 unspecified atom stereocenters. The van der Waals surface area contributed by atoms with E-state index in [4.69, 9.17) is 9.47 Å². The maximum Gasteiger partial charge on any atom is 0.317 e. The monoisotopic (exact) mass is 260 g/mol. The van der Waals surface area contributed by atoms with Crippen molar-refractivity contribution < 1.29 is 23.8 Å². The van der Waals surface area contributed by atoms with Gasteiger partial charge in [0.25, 0.3) is 0 Å². The van der Waals surface area contributed by atoms with Crippen LogP contribution in [-0.2, 0) is 23.8 Å². The Morgan fingerprint density at radius 2 is 2.12 bits per heavy atom. The summed E-state index contributed by atoms with van der Waals surface area (Å²) in [6, 6.07) is 2.13. The molecule has 0 aromatic rings. The molecule has 6 heteroatoms. The average Bonchev–Trinajstić information content (AvgIpc) is 2.62. The van der Waals surface area contributed by atoms with Gasteiger partial charge in [0.2, 0.25) is 0 Å². The van der Waals surface area contributed by atoms with Crippen LogP contribution in [0.1, 0.15) is 19.3 Å². The molecule has 98 valence electrons. The standard InChI is InChI=1S/C11H20O5Si/c1-14-10(15-2)7-17-5-3-4-8-6-9(12)16-11(8)13/h8,10H,3-7,17H2,1-2H3. The van der Waals surface area contributed by atoms with E-state index in [-0.39, 0.29) is 40.1 Å². The molecule has 1 rings (SSSR count). The zero-order chi connectivity index (χ0) is 12.7. The quantitative estimate of drug-likeness (QED) is 0.209. The topological polar surface area (TPSA) is 61.8 Å². The smallest absolute Gasteiger partial charge is 0.317 e. The second-order valence-corrected chi connectivity index (χ2v) is 6.22. The number of carbonyl (C=O) groups excluding carboxylic acids is 2. The van der Waals surface area contributed by atoms with Crippen molar-refractivity contribution in [2.75, 3.05) is 14.2 Å². The summed E-state index contributed by atoms with van der Waals surface area (Å²) < 4.78 is 14.7. The molecule has 17 heavy (non-hydrogen) atoms. The van der Waals surface area contributed by atoms with E-state index in [1.165, 1.54) is 0 Å². The number of cyclic esters (lactones) is 2. The third-order valence-corrected chi connectivity index (χ3v) is 4.86. The van der Waals surface area contributed by atoms with Crippen molar-refractivity contribution in [2.24, 2.45) is 5.92 Å². The molecule has 0 N–H and O–H groups in total. The van der Waals surface area contributed by atoms with Gasteiger partial charge in [0.05, 0.1) is 12.3 Å². The molecule has 1 aliphatic heterocycles. The number of carbonyl (C=O) groups is 2. The molecule has 5 nitrogen and oxygen atoms in total. The first kappa shape index (κ1) is 14.3. The highest BCUT2D eigenvalue weighted by atomic mass is 28.2. The van der Waals surface area contributed by atoms with Gasteiger partial charge in [0.15, 0.2) is 6.29 Å². The molecule has 1 saturated heterocycles. The lowest BCUT2D eigenvalue weighted by Crippen LogP contribution is -2.15. The van der Waals surface area contributed by atoms with Gasteiger partial charge < -0.3 is 14.2 Å². The molecular weight excluding hydrogens is 240 g/mol. The molecule has 0 amide bonds. The van der Waals surface area contributed by atoms with Gasteiger partial charge >= 0.3 is 11.9 Å². The maximum atomic E-state index is 11.2. The van der Waals surface area contributed by atoms with Crippen molar-refractivity contribution in [3.05, 3.63) is 0 Å². The van der Waals surface area contributed by atoms with Crippen LogP contribution < -0.4 is 0 Å². The molecule has 1 fully saturated rings. The number of hydrogen-bond acceptors (Lipinski definition) is 5. The third kappa shape index (κ3) is 4.97. The molecule has 0 saturated carbocycles. The summed E-state index contributed by atoms with van der Waals surface area (Å²) in [4.78, 5) is 22.0. The van der Waals surface area contributed by atoms with Crippen molar-refractivity contribution >= 4 is 21.5 Å². The van der Waals surface area contributed by atoms with Gasteiger partial charge in [-0.25, -0.2) is 0 Å². The number of rotatable bonds is 8. The number of esters is 2. The SMILES string of the molecule is COC(C[SiH2]CCCC1CC(=O)OC1=O)OC. The Balaban J connectivity index is 2.04. The first-order valence-electron chi connectivity index (χ1n) is 5.97. The highest BCUT2D eigenvalue weighted by Crippen LogP contribution is 2.21. The van der Waals surface area contributed by atoms with Gasteiger partial charge in [-0.1, -0.05) is 12.5 Å². The molecule has 0 aromatic heterocycles. The summed E-state index contributed by atoms with van der Waals surface area (Å²) in [7, 11) is 3.07. The molecule has 0 spiro atoms. The second-order valence-electron chi connectivity index (χ2n) is 4.23. The minimum atomic E-state index is -0.379. The minimum Gasteiger partial charge on any atom is -0.393 e.